The lowest BCUT2D eigenvalue weighted by atomic mass is 9.95. The minimum atomic E-state index is -0.251. The monoisotopic (exact) mass is 530 g/mol. The number of fused-ring (bicyclic) bond motifs is 5. The lowest BCUT2D eigenvalue weighted by molar-refractivity contribution is -0.136. The van der Waals surface area contributed by atoms with Crippen molar-refractivity contribution in [3.8, 4) is 0 Å². The molecule has 0 spiro atoms. The lowest BCUT2D eigenvalue weighted by Gasteiger charge is -2.43. The Hall–Kier alpha value is -2.42. The van der Waals surface area contributed by atoms with Gasteiger partial charge in [-0.15, -0.1) is 12.4 Å². The molecule has 5 atom stereocenters. The number of hydrogen-bond acceptors (Lipinski definition) is 6. The Morgan fingerprint density at radius 1 is 1.14 bits per heavy atom. The van der Waals surface area contributed by atoms with Crippen LogP contribution in [-0.2, 0) is 9.59 Å². The van der Waals surface area contributed by atoms with E-state index >= 15 is 0 Å². The number of nitrogens with zero attached hydrogens (tertiary/aromatic N) is 4. The van der Waals surface area contributed by atoms with E-state index in [1.54, 1.807) is 6.33 Å². The third kappa shape index (κ3) is 4.44. The maximum absolute atomic E-state index is 14.0. The van der Waals surface area contributed by atoms with E-state index in [0.717, 1.165) is 49.3 Å². The molecule has 3 fully saturated rings. The Bertz CT molecular complexity index is 1150. The minimum absolute atomic E-state index is 0. The van der Waals surface area contributed by atoms with Gasteiger partial charge in [-0.1, -0.05) is 37.6 Å². The maximum Gasteiger partial charge on any atom is 0.232 e. The van der Waals surface area contributed by atoms with Crippen molar-refractivity contribution in [3.63, 3.8) is 0 Å². The number of amides is 2. The molecular weight excluding hydrogens is 499 g/mol. The molecule has 2 N–H and O–H groups in total. The van der Waals surface area contributed by atoms with Gasteiger partial charge in [-0.05, 0) is 37.0 Å². The van der Waals surface area contributed by atoms with Gasteiger partial charge < -0.3 is 20.4 Å². The first-order valence-corrected chi connectivity index (χ1v) is 13.0. The summed E-state index contributed by atoms with van der Waals surface area (Å²) in [5.41, 5.74) is 2.08. The van der Waals surface area contributed by atoms with Crippen molar-refractivity contribution in [3.05, 3.63) is 46.7 Å². The van der Waals surface area contributed by atoms with Crippen LogP contribution < -0.4 is 15.5 Å². The fraction of sp³-hybridized carbons (Fsp3) is 0.538. The Balaban J connectivity index is 0.00000267. The second kappa shape index (κ2) is 9.80. The quantitative estimate of drug-likeness (QED) is 0.593. The highest BCUT2D eigenvalue weighted by molar-refractivity contribution is 6.30. The Morgan fingerprint density at radius 2 is 1.83 bits per heavy atom. The molecule has 1 aliphatic carbocycles. The fourth-order valence-electron chi connectivity index (χ4n) is 6.10. The van der Waals surface area contributed by atoms with Gasteiger partial charge in [-0.2, -0.15) is 0 Å². The molecule has 4 aliphatic rings. The highest BCUT2D eigenvalue weighted by atomic mass is 35.5. The van der Waals surface area contributed by atoms with Crippen LogP contribution in [0.5, 0.6) is 0 Å². The highest BCUT2D eigenvalue weighted by Crippen LogP contribution is 2.55. The number of rotatable bonds is 6. The van der Waals surface area contributed by atoms with Crippen LogP contribution in [-0.4, -0.2) is 64.4 Å². The lowest BCUT2D eigenvalue weighted by Crippen LogP contribution is -2.58. The third-order valence-electron chi connectivity index (χ3n) is 7.94. The normalized spacial score (nSPS) is 26.6. The third-order valence-corrected chi connectivity index (χ3v) is 8.19. The van der Waals surface area contributed by atoms with E-state index in [-0.39, 0.29) is 54.1 Å². The van der Waals surface area contributed by atoms with Crippen molar-refractivity contribution in [2.45, 2.75) is 63.1 Å². The Labute approximate surface area is 222 Å². The van der Waals surface area contributed by atoms with Crippen molar-refractivity contribution in [1.82, 2.24) is 20.2 Å². The van der Waals surface area contributed by atoms with Gasteiger partial charge in [0.1, 0.15) is 18.0 Å². The van der Waals surface area contributed by atoms with Crippen LogP contribution in [0.15, 0.2) is 30.6 Å². The number of benzene rings is 1. The number of nitrogens with one attached hydrogen (secondary N) is 2. The second-order valence-corrected chi connectivity index (χ2v) is 11.0. The summed E-state index contributed by atoms with van der Waals surface area (Å²) in [5, 5.41) is 7.10. The number of carbonyl (C=O) groups is 2. The van der Waals surface area contributed by atoms with E-state index < -0.39 is 0 Å². The van der Waals surface area contributed by atoms with Crippen LogP contribution in [0.3, 0.4) is 0 Å². The fourth-order valence-corrected chi connectivity index (χ4v) is 6.23. The first-order chi connectivity index (χ1) is 16.9. The smallest absolute Gasteiger partial charge is 0.232 e. The van der Waals surface area contributed by atoms with Gasteiger partial charge in [0.05, 0.1) is 5.92 Å². The molecule has 2 amide bonds. The average Bonchev–Trinajstić information content (AvgIpc) is 3.60. The molecule has 10 heteroatoms. The van der Waals surface area contributed by atoms with Crippen LogP contribution >= 0.6 is 24.0 Å². The van der Waals surface area contributed by atoms with E-state index in [1.807, 2.05) is 24.3 Å². The molecule has 1 aromatic heterocycles. The number of carbonyl (C=O) groups excluding carboxylic acids is 2. The summed E-state index contributed by atoms with van der Waals surface area (Å²) in [4.78, 5) is 39.6. The molecule has 1 aromatic carbocycles. The van der Waals surface area contributed by atoms with Crippen molar-refractivity contribution in [1.29, 1.82) is 0 Å². The van der Waals surface area contributed by atoms with E-state index in [9.17, 15) is 9.59 Å². The molecule has 36 heavy (non-hydrogen) atoms. The van der Waals surface area contributed by atoms with Gasteiger partial charge in [-0.25, -0.2) is 9.97 Å². The first-order valence-electron chi connectivity index (χ1n) is 12.6. The minimum Gasteiger partial charge on any atom is -0.352 e. The highest BCUT2D eigenvalue weighted by Gasteiger charge is 2.52. The van der Waals surface area contributed by atoms with Crippen LogP contribution in [0, 0.1) is 5.92 Å². The van der Waals surface area contributed by atoms with Crippen LogP contribution in [0.25, 0.3) is 0 Å². The number of anilines is 2. The van der Waals surface area contributed by atoms with Crippen molar-refractivity contribution < 1.29 is 9.59 Å². The van der Waals surface area contributed by atoms with E-state index in [2.05, 4.69) is 44.2 Å². The van der Waals surface area contributed by atoms with Crippen LogP contribution in [0.4, 0.5) is 11.6 Å². The molecular formula is C26H32Cl2N6O2. The zero-order valence-electron chi connectivity index (χ0n) is 20.5. The summed E-state index contributed by atoms with van der Waals surface area (Å²) >= 11 is 6.12. The van der Waals surface area contributed by atoms with E-state index in [0.29, 0.717) is 23.4 Å². The van der Waals surface area contributed by atoms with Gasteiger partial charge >= 0.3 is 0 Å². The maximum atomic E-state index is 14.0. The zero-order valence-corrected chi connectivity index (χ0v) is 22.1. The molecule has 2 bridgehead atoms. The molecule has 3 aliphatic heterocycles. The molecule has 192 valence electrons. The number of hydrogen-bond donors (Lipinski definition) is 2. The predicted molar refractivity (Wildman–Crippen MR) is 142 cm³/mol. The molecule has 1 saturated carbocycles. The largest absolute Gasteiger partial charge is 0.352 e. The van der Waals surface area contributed by atoms with Crippen molar-refractivity contribution >= 4 is 47.5 Å². The van der Waals surface area contributed by atoms with Crippen molar-refractivity contribution in [2.24, 2.45) is 5.92 Å². The van der Waals surface area contributed by atoms with Crippen LogP contribution in [0.2, 0.25) is 5.02 Å². The zero-order chi connectivity index (χ0) is 24.3. The first kappa shape index (κ1) is 25.2. The summed E-state index contributed by atoms with van der Waals surface area (Å²) in [5.74, 6) is 1.88. The van der Waals surface area contributed by atoms with Crippen LogP contribution in [0.1, 0.15) is 56.1 Å². The van der Waals surface area contributed by atoms with Gasteiger partial charge in [0.2, 0.25) is 11.8 Å². The number of piperazine rings is 1. The Morgan fingerprint density at radius 3 is 2.50 bits per heavy atom. The van der Waals surface area contributed by atoms with E-state index in [4.69, 9.17) is 11.6 Å². The summed E-state index contributed by atoms with van der Waals surface area (Å²) in [6.45, 7) is 6.30. The molecule has 2 saturated heterocycles. The molecule has 2 aromatic rings. The molecule has 2 unspecified atom stereocenters. The number of halogens is 2. The molecule has 0 radical (unpaired) electrons. The summed E-state index contributed by atoms with van der Waals surface area (Å²) in [6.07, 6.45) is 4.41. The SMILES string of the molecule is CC(C)NC[C@@H](C(=O)N1C2CCC1CN(c1ncnc3c1[C@H]1C[C@H]1C(=O)N3)C2)c1ccc(Cl)cc1.Cl. The standard InChI is InChI=1S/C26H31ClN6O2.ClH/c1-14(2)28-10-21(15-3-5-16(27)6-4-15)26(35)33-17-7-8-18(33)12-32(11-17)24-22-19-9-20(19)25(34)31-23(22)29-13-30-24;/h3-6,13-14,17-21,28H,7-12H2,1-2H3,(H,29,30,31,34);1H/t17?,18?,19-,20+,21+;/m0./s1. The van der Waals surface area contributed by atoms with Gasteiger partial charge in [0.25, 0.3) is 0 Å². The average molecular weight is 531 g/mol. The van der Waals surface area contributed by atoms with Gasteiger partial charge in [0.15, 0.2) is 0 Å². The molecule has 4 heterocycles. The van der Waals surface area contributed by atoms with Crippen molar-refractivity contribution in [2.75, 3.05) is 29.9 Å². The topological polar surface area (TPSA) is 90.5 Å². The summed E-state index contributed by atoms with van der Waals surface area (Å²) in [7, 11) is 0. The number of aromatic nitrogens is 2. The molecule has 6 rings (SSSR count). The van der Waals surface area contributed by atoms with E-state index in [1.165, 1.54) is 0 Å². The Kier molecular flexibility index (Phi) is 6.87. The van der Waals surface area contributed by atoms with Gasteiger partial charge in [0, 0.05) is 60.2 Å². The summed E-state index contributed by atoms with van der Waals surface area (Å²) < 4.78 is 0. The predicted octanol–water partition coefficient (Wildman–Crippen LogP) is 3.57. The second-order valence-electron chi connectivity index (χ2n) is 10.6. The summed E-state index contributed by atoms with van der Waals surface area (Å²) in [6, 6.07) is 8.25. The molecule has 8 nitrogen and oxygen atoms in total. The van der Waals surface area contributed by atoms with Gasteiger partial charge in [-0.3, -0.25) is 9.59 Å².